The topological polar surface area (TPSA) is 217 Å². The molecule has 0 aliphatic heterocycles. The molecule has 0 bridgehead atoms. The van der Waals surface area contributed by atoms with E-state index < -0.39 is 70.8 Å². The molecule has 0 aromatic rings. The number of aliphatic hydroxyl groups is 3. The van der Waals surface area contributed by atoms with Gasteiger partial charge in [-0.2, -0.15) is 0 Å². The van der Waals surface area contributed by atoms with E-state index in [2.05, 4.69) is 17.6 Å². The Bertz CT molecular complexity index is 1390. The number of carbonyl (C=O) groups excluding carboxylic acids is 5. The molecule has 9 unspecified atom stereocenters. The first-order valence-corrected chi connectivity index (χ1v) is 17.5. The summed E-state index contributed by atoms with van der Waals surface area (Å²) < 4.78 is 5.22. The number of aliphatic hydroxyl groups excluding tert-OH is 2. The van der Waals surface area contributed by atoms with Gasteiger partial charge in [0, 0.05) is 30.2 Å². The highest BCUT2D eigenvalue weighted by atomic mass is 16.5. The van der Waals surface area contributed by atoms with Gasteiger partial charge >= 0.3 is 11.9 Å². The maximum absolute atomic E-state index is 13.5. The van der Waals surface area contributed by atoms with Crippen molar-refractivity contribution < 1.29 is 53.9 Å². The number of nitrogens with one attached hydrogen (secondary N) is 2. The average molecular weight is 691 g/mol. The molecule has 0 aromatic heterocycles. The van der Waals surface area contributed by atoms with Crippen LogP contribution in [0.15, 0.2) is 11.6 Å². The molecule has 4 aliphatic rings. The molecule has 3 saturated carbocycles. The summed E-state index contributed by atoms with van der Waals surface area (Å²) in [5.74, 6) is -4.32. The summed E-state index contributed by atoms with van der Waals surface area (Å²) in [7, 11) is 0. The number of ether oxygens (including phenoxy) is 1. The van der Waals surface area contributed by atoms with Gasteiger partial charge in [-0.3, -0.25) is 24.0 Å². The van der Waals surface area contributed by atoms with Gasteiger partial charge in [-0.15, -0.1) is 0 Å². The van der Waals surface area contributed by atoms with Crippen LogP contribution in [-0.4, -0.2) is 92.7 Å². The standard InChI is InChI=1S/C36H54N2O11/c1-19(2)29(31(45)37-18-33(3,4)30(44)32(46)47)38-26(42)9-10-27(43)49-17-25(41)36(48)14-12-23-22-8-7-20-15-21(39)11-13-34(20,5)28(22)24(40)16-35(23,36)6/h15,19,22-24,28-30,40,44,48H,7-14,16-18H2,1-6H3,(H,37,45)(H,38,42)(H,46,47). The smallest absolute Gasteiger partial charge is 0.333 e. The third-order valence-electron chi connectivity index (χ3n) is 12.4. The number of allylic oxidation sites excluding steroid dienone is 1. The number of esters is 1. The number of carboxylic acids is 1. The van der Waals surface area contributed by atoms with Crippen LogP contribution in [0.3, 0.4) is 0 Å². The molecule has 9 atom stereocenters. The van der Waals surface area contributed by atoms with Crippen molar-refractivity contribution in [2.24, 2.45) is 39.9 Å². The summed E-state index contributed by atoms with van der Waals surface area (Å²) >= 11 is 0. The van der Waals surface area contributed by atoms with E-state index in [1.165, 1.54) is 13.8 Å². The molecule has 0 saturated heterocycles. The molecule has 2 amide bonds. The number of aliphatic carboxylic acids is 1. The van der Waals surface area contributed by atoms with Crippen LogP contribution < -0.4 is 10.6 Å². The molecule has 49 heavy (non-hydrogen) atoms. The zero-order chi connectivity index (χ0) is 36.7. The fourth-order valence-corrected chi connectivity index (χ4v) is 9.34. The first-order chi connectivity index (χ1) is 22.7. The van der Waals surface area contributed by atoms with E-state index in [9.17, 15) is 44.1 Å². The Morgan fingerprint density at radius 3 is 2.37 bits per heavy atom. The summed E-state index contributed by atoms with van der Waals surface area (Å²) in [5, 5.41) is 47.6. The van der Waals surface area contributed by atoms with Crippen LogP contribution >= 0.6 is 0 Å². The van der Waals surface area contributed by atoms with E-state index in [0.29, 0.717) is 19.3 Å². The van der Waals surface area contributed by atoms with Gasteiger partial charge in [0.25, 0.3) is 0 Å². The lowest BCUT2D eigenvalue weighted by molar-refractivity contribution is -0.184. The van der Waals surface area contributed by atoms with Gasteiger partial charge in [0.05, 0.1) is 12.5 Å². The van der Waals surface area contributed by atoms with E-state index in [-0.39, 0.29) is 67.1 Å². The van der Waals surface area contributed by atoms with Crippen LogP contribution in [0.2, 0.25) is 0 Å². The number of amides is 2. The Morgan fingerprint density at radius 2 is 1.73 bits per heavy atom. The Labute approximate surface area is 287 Å². The SMILES string of the molecule is CC(C)C(NC(=O)CCC(=O)OCC(=O)C1(O)CCC2C3CCC4=CC(=O)CCC4(C)C3C(O)CC21C)C(=O)NCC(C)(C)C(O)C(=O)O. The number of carboxylic acid groups (broad SMARTS) is 1. The van der Waals surface area contributed by atoms with Gasteiger partial charge in [0.2, 0.25) is 17.6 Å². The predicted molar refractivity (Wildman–Crippen MR) is 175 cm³/mol. The Hall–Kier alpha value is -3.16. The monoisotopic (exact) mass is 690 g/mol. The van der Waals surface area contributed by atoms with E-state index in [1.807, 2.05) is 6.92 Å². The first-order valence-electron chi connectivity index (χ1n) is 17.5. The number of hydrogen-bond donors (Lipinski definition) is 6. The molecule has 6 N–H and O–H groups in total. The van der Waals surface area contributed by atoms with E-state index in [1.54, 1.807) is 19.9 Å². The zero-order valence-corrected chi connectivity index (χ0v) is 29.5. The molecular formula is C36H54N2O11. The van der Waals surface area contributed by atoms with Crippen LogP contribution in [0, 0.1) is 39.9 Å². The van der Waals surface area contributed by atoms with Gasteiger partial charge in [0.15, 0.2) is 18.5 Å². The molecule has 0 heterocycles. The molecule has 0 spiro atoms. The maximum Gasteiger partial charge on any atom is 0.333 e. The second-order valence-corrected chi connectivity index (χ2v) is 16.3. The van der Waals surface area contributed by atoms with Crippen molar-refractivity contribution >= 4 is 35.3 Å². The lowest BCUT2D eigenvalue weighted by Gasteiger charge is -2.60. The van der Waals surface area contributed by atoms with Crippen LogP contribution in [0.25, 0.3) is 0 Å². The number of hydrogen-bond acceptors (Lipinski definition) is 10. The minimum Gasteiger partial charge on any atom is -0.479 e. The number of Topliss-reactive ketones (excluding diaryl/α,β-unsaturated/α-hetero) is 1. The normalized spacial score (nSPS) is 33.7. The molecule has 0 aromatic carbocycles. The lowest BCUT2D eigenvalue weighted by Crippen LogP contribution is -2.62. The highest BCUT2D eigenvalue weighted by Gasteiger charge is 2.68. The second-order valence-electron chi connectivity index (χ2n) is 16.3. The number of ketones is 2. The molecule has 3 fully saturated rings. The Balaban J connectivity index is 1.30. The van der Waals surface area contributed by atoms with Crippen LogP contribution in [-0.2, 0) is 33.5 Å². The van der Waals surface area contributed by atoms with Gasteiger partial charge < -0.3 is 35.8 Å². The van der Waals surface area contributed by atoms with Crippen molar-refractivity contribution in [2.45, 2.75) is 123 Å². The maximum atomic E-state index is 13.5. The number of fused-ring (bicyclic) bond motifs is 5. The summed E-state index contributed by atoms with van der Waals surface area (Å²) in [6, 6.07) is -0.992. The molecule has 274 valence electrons. The highest BCUT2D eigenvalue weighted by molar-refractivity contribution is 5.93. The summed E-state index contributed by atoms with van der Waals surface area (Å²) in [4.78, 5) is 74.9. The predicted octanol–water partition coefficient (Wildman–Crippen LogP) is 1.84. The third kappa shape index (κ3) is 7.35. The van der Waals surface area contributed by atoms with E-state index >= 15 is 0 Å². The molecule has 13 nitrogen and oxygen atoms in total. The third-order valence-corrected chi connectivity index (χ3v) is 12.4. The fraction of sp³-hybridized carbons (Fsp3) is 0.778. The summed E-state index contributed by atoms with van der Waals surface area (Å²) in [6.07, 6.45) is 2.21. The van der Waals surface area contributed by atoms with Crippen molar-refractivity contribution in [2.75, 3.05) is 13.2 Å². The van der Waals surface area contributed by atoms with Gasteiger partial charge in [0.1, 0.15) is 11.6 Å². The van der Waals surface area contributed by atoms with Gasteiger partial charge in [-0.1, -0.05) is 47.1 Å². The largest absolute Gasteiger partial charge is 0.479 e. The van der Waals surface area contributed by atoms with Crippen molar-refractivity contribution in [3.8, 4) is 0 Å². The zero-order valence-electron chi connectivity index (χ0n) is 29.5. The van der Waals surface area contributed by atoms with Crippen LogP contribution in [0.5, 0.6) is 0 Å². The quantitative estimate of drug-likeness (QED) is 0.153. The first kappa shape index (κ1) is 38.6. The van der Waals surface area contributed by atoms with Crippen LogP contribution in [0.4, 0.5) is 0 Å². The van der Waals surface area contributed by atoms with Gasteiger partial charge in [-0.05, 0) is 73.7 Å². The number of rotatable bonds is 13. The minimum atomic E-state index is -1.80. The lowest BCUT2D eigenvalue weighted by atomic mass is 9.45. The Morgan fingerprint density at radius 1 is 1.06 bits per heavy atom. The van der Waals surface area contributed by atoms with Crippen LogP contribution in [0.1, 0.15) is 99.3 Å². The van der Waals surface area contributed by atoms with Crippen molar-refractivity contribution in [3.63, 3.8) is 0 Å². The molecule has 4 rings (SSSR count). The van der Waals surface area contributed by atoms with Crippen molar-refractivity contribution in [1.82, 2.24) is 10.6 Å². The average Bonchev–Trinajstić information content (AvgIpc) is 3.30. The Kier molecular flexibility index (Phi) is 11.2. The fourth-order valence-electron chi connectivity index (χ4n) is 9.34. The molecule has 4 aliphatic carbocycles. The summed E-state index contributed by atoms with van der Waals surface area (Å²) in [5.41, 5.74) is -3.10. The summed E-state index contributed by atoms with van der Waals surface area (Å²) in [6.45, 7) is 9.51. The van der Waals surface area contributed by atoms with Gasteiger partial charge in [-0.25, -0.2) is 4.79 Å². The molecular weight excluding hydrogens is 636 g/mol. The second kappa shape index (κ2) is 14.2. The van der Waals surface area contributed by atoms with Crippen molar-refractivity contribution in [3.05, 3.63) is 11.6 Å². The van der Waals surface area contributed by atoms with E-state index in [0.717, 1.165) is 18.4 Å². The highest BCUT2D eigenvalue weighted by Crippen LogP contribution is 2.67. The molecule has 0 radical (unpaired) electrons. The molecule has 13 heteroatoms. The number of carbonyl (C=O) groups is 6. The minimum absolute atomic E-state index is 0.0235. The van der Waals surface area contributed by atoms with Crippen molar-refractivity contribution in [1.29, 1.82) is 0 Å². The van der Waals surface area contributed by atoms with E-state index in [4.69, 9.17) is 9.84 Å².